The Balaban J connectivity index is 1.19. The molecule has 13 heteroatoms. The number of aliphatic hydroxyl groups is 8. The Morgan fingerprint density at radius 1 is 0.815 bits per heavy atom. The van der Waals surface area contributed by atoms with Crippen LogP contribution in [0.2, 0.25) is 0 Å². The minimum Gasteiger partial charge on any atom is -0.432 e. The van der Waals surface area contributed by atoms with E-state index in [4.69, 9.17) is 18.9 Å². The van der Waals surface area contributed by atoms with Crippen LogP contribution in [0.3, 0.4) is 0 Å². The van der Waals surface area contributed by atoms with Gasteiger partial charge in [0.25, 0.3) is 0 Å². The maximum Gasteiger partial charge on any atom is 0.315 e. The van der Waals surface area contributed by atoms with Crippen molar-refractivity contribution in [1.29, 1.82) is 0 Å². The Labute approximate surface area is 319 Å². The molecular formula is C41H66O13. The smallest absolute Gasteiger partial charge is 0.315 e. The summed E-state index contributed by atoms with van der Waals surface area (Å²) in [6.07, 6.45) is -4.04. The zero-order valence-corrected chi connectivity index (χ0v) is 33.1. The summed E-state index contributed by atoms with van der Waals surface area (Å²) in [6, 6.07) is 0. The predicted molar refractivity (Wildman–Crippen MR) is 193 cm³/mol. The molecule has 2 unspecified atom stereocenters. The molecule has 0 bridgehead atoms. The molecule has 5 aliphatic carbocycles. The Morgan fingerprint density at radius 3 is 2.19 bits per heavy atom. The fourth-order valence-corrected chi connectivity index (χ4v) is 13.5. The van der Waals surface area contributed by atoms with Crippen molar-refractivity contribution < 1.29 is 64.6 Å². The van der Waals surface area contributed by atoms with Crippen LogP contribution < -0.4 is 0 Å². The summed E-state index contributed by atoms with van der Waals surface area (Å²) >= 11 is 0. The largest absolute Gasteiger partial charge is 0.432 e. The topological polar surface area (TPSA) is 216 Å². The van der Waals surface area contributed by atoms with E-state index in [2.05, 4.69) is 40.7 Å². The quantitative estimate of drug-likeness (QED) is 0.114. The number of carbonyl (C=O) groups is 1. The van der Waals surface area contributed by atoms with Gasteiger partial charge in [0.2, 0.25) is 6.29 Å². The minimum atomic E-state index is -1.72. The van der Waals surface area contributed by atoms with E-state index >= 15 is 0 Å². The lowest BCUT2D eigenvalue weighted by atomic mass is 9.33. The van der Waals surface area contributed by atoms with Crippen molar-refractivity contribution in [2.45, 2.75) is 173 Å². The number of fused-ring (bicyclic) bond motifs is 7. The molecule has 54 heavy (non-hydrogen) atoms. The van der Waals surface area contributed by atoms with Crippen molar-refractivity contribution in [3.63, 3.8) is 0 Å². The second kappa shape index (κ2) is 13.7. The van der Waals surface area contributed by atoms with Gasteiger partial charge in [0.15, 0.2) is 6.29 Å². The highest BCUT2D eigenvalue weighted by Gasteiger charge is 2.72. The van der Waals surface area contributed by atoms with E-state index in [-0.39, 0.29) is 46.2 Å². The summed E-state index contributed by atoms with van der Waals surface area (Å²) in [5.74, 6) is -0.699. The number of allylic oxidation sites excluding steroid dienone is 1. The summed E-state index contributed by atoms with van der Waals surface area (Å²) in [6.45, 7) is 14.8. The maximum atomic E-state index is 14.6. The molecule has 0 spiro atoms. The van der Waals surface area contributed by atoms with Gasteiger partial charge in [-0.25, -0.2) is 0 Å². The molecule has 7 rings (SSSR count). The van der Waals surface area contributed by atoms with Crippen molar-refractivity contribution in [2.24, 2.45) is 50.7 Å². The van der Waals surface area contributed by atoms with Gasteiger partial charge in [0, 0.05) is 5.92 Å². The van der Waals surface area contributed by atoms with Gasteiger partial charge in [0.05, 0.1) is 30.3 Å². The first-order valence-corrected chi connectivity index (χ1v) is 20.4. The molecule has 7 aliphatic rings. The lowest BCUT2D eigenvalue weighted by Crippen LogP contribution is -2.68. The van der Waals surface area contributed by atoms with Gasteiger partial charge in [-0.3, -0.25) is 4.79 Å². The van der Waals surface area contributed by atoms with Crippen molar-refractivity contribution in [1.82, 2.24) is 0 Å². The normalized spacial score (nSPS) is 55.6. The van der Waals surface area contributed by atoms with Crippen molar-refractivity contribution in [2.75, 3.05) is 13.2 Å². The molecule has 6 fully saturated rings. The van der Waals surface area contributed by atoms with E-state index in [9.17, 15) is 45.6 Å². The molecule has 8 N–H and O–H groups in total. The summed E-state index contributed by atoms with van der Waals surface area (Å²) in [5.41, 5.74) is -2.15. The van der Waals surface area contributed by atoms with Crippen LogP contribution in [0, 0.1) is 50.7 Å². The molecule has 0 radical (unpaired) electrons. The van der Waals surface area contributed by atoms with Gasteiger partial charge < -0.3 is 59.8 Å². The lowest BCUT2D eigenvalue weighted by Gasteiger charge is -2.72. The number of aliphatic hydroxyl groups excluding tert-OH is 7. The second-order valence-electron chi connectivity index (χ2n) is 19.9. The Hall–Kier alpha value is -1.23. The number of hydrogen-bond acceptors (Lipinski definition) is 13. The summed E-state index contributed by atoms with van der Waals surface area (Å²) in [4.78, 5) is 14.6. The van der Waals surface area contributed by atoms with E-state index in [1.807, 2.05) is 13.8 Å². The third-order valence-electron chi connectivity index (χ3n) is 17.2. The molecule has 2 aliphatic heterocycles. The predicted octanol–water partition coefficient (Wildman–Crippen LogP) is 1.93. The number of carbonyl (C=O) groups excluding carboxylic acids is 1. The van der Waals surface area contributed by atoms with Gasteiger partial charge in [-0.15, -0.1) is 0 Å². The van der Waals surface area contributed by atoms with Gasteiger partial charge in [-0.2, -0.15) is 0 Å². The summed E-state index contributed by atoms with van der Waals surface area (Å²) in [7, 11) is 0. The SMILES string of the molecule is C[C@@H]1CC[C@]2(C(=O)O[C@@H]3O[C@H](CO)[C@@H](O)[C@H](O)[C@H]3O)CC[C@]3(C)C(=CCC4[C@@]5(C)CC[C@H](O[C@@H]6OC[C@H](O)[C@H](O)[C@H]6O)C(C)(C)C5CC[C@]43C)[C@@H]2[C@]1(C)O. The highest BCUT2D eigenvalue weighted by molar-refractivity contribution is 5.79. The highest BCUT2D eigenvalue weighted by Crippen LogP contribution is 2.76. The van der Waals surface area contributed by atoms with Crippen molar-refractivity contribution in [3.8, 4) is 0 Å². The fourth-order valence-electron chi connectivity index (χ4n) is 13.5. The number of rotatable bonds is 5. The second-order valence-corrected chi connectivity index (χ2v) is 19.9. The van der Waals surface area contributed by atoms with Crippen LogP contribution in [0.25, 0.3) is 0 Å². The number of esters is 1. The van der Waals surface area contributed by atoms with Crippen LogP contribution in [0.5, 0.6) is 0 Å². The van der Waals surface area contributed by atoms with Crippen LogP contribution in [-0.4, -0.2) is 127 Å². The average molecular weight is 767 g/mol. The summed E-state index contributed by atoms with van der Waals surface area (Å²) < 4.78 is 23.7. The lowest BCUT2D eigenvalue weighted by molar-refractivity contribution is -0.308. The van der Waals surface area contributed by atoms with Gasteiger partial charge in [0.1, 0.15) is 42.7 Å². The average Bonchev–Trinajstić information content (AvgIpc) is 3.11. The van der Waals surface area contributed by atoms with Crippen molar-refractivity contribution in [3.05, 3.63) is 11.6 Å². The van der Waals surface area contributed by atoms with Gasteiger partial charge in [-0.05, 0) is 104 Å². The van der Waals surface area contributed by atoms with E-state index in [0.29, 0.717) is 31.6 Å². The molecule has 0 aromatic carbocycles. The number of hydrogen-bond donors (Lipinski definition) is 8. The van der Waals surface area contributed by atoms with E-state index < -0.39 is 84.8 Å². The monoisotopic (exact) mass is 766 g/mol. The molecule has 13 nitrogen and oxygen atoms in total. The van der Waals surface area contributed by atoms with Crippen LogP contribution >= 0.6 is 0 Å². The van der Waals surface area contributed by atoms with Gasteiger partial charge in [-0.1, -0.05) is 53.2 Å². The third-order valence-corrected chi connectivity index (χ3v) is 17.2. The molecule has 19 atom stereocenters. The number of ether oxygens (including phenoxy) is 4. The molecule has 0 aromatic heterocycles. The van der Waals surface area contributed by atoms with Crippen LogP contribution in [-0.2, 0) is 23.7 Å². The Bertz CT molecular complexity index is 1470. The molecule has 2 heterocycles. The van der Waals surface area contributed by atoms with E-state index in [1.54, 1.807) is 0 Å². The van der Waals surface area contributed by atoms with Crippen LogP contribution in [0.15, 0.2) is 11.6 Å². The third kappa shape index (κ3) is 5.68. The fraction of sp³-hybridized carbons (Fsp3) is 0.927. The minimum absolute atomic E-state index is 0.0674. The molecule has 2 saturated heterocycles. The Morgan fingerprint density at radius 2 is 1.50 bits per heavy atom. The molecular weight excluding hydrogens is 700 g/mol. The van der Waals surface area contributed by atoms with Gasteiger partial charge >= 0.3 is 5.97 Å². The standard InChI is InChI=1S/C41H66O13/c1-20-10-15-41(35(49)54-34-31(48)29(46)28(45)23(18-42)52-34)17-16-38(5)21(32(41)40(20,7)50)8-9-25-37(4)13-12-26(36(2,3)24(37)11-14-39(25,38)6)53-33-30(47)27(44)22(43)19-51-33/h8,20,22-34,42-48,50H,9-19H2,1-7H3/t20-,22+,23-,24?,25?,26+,27+,28-,29+,30-,31-,32-,33+,34+,37+,38-,39-,40-,41+/m1/s1. The zero-order chi connectivity index (χ0) is 39.6. The first kappa shape index (κ1) is 40.9. The summed E-state index contributed by atoms with van der Waals surface area (Å²) in [5, 5.41) is 84.8. The molecule has 4 saturated carbocycles. The maximum absolute atomic E-state index is 14.6. The van der Waals surface area contributed by atoms with Crippen molar-refractivity contribution >= 4 is 5.97 Å². The molecule has 308 valence electrons. The first-order valence-electron chi connectivity index (χ1n) is 20.4. The first-order chi connectivity index (χ1) is 25.1. The van der Waals surface area contributed by atoms with E-state index in [0.717, 1.165) is 37.7 Å². The van der Waals surface area contributed by atoms with Crippen LogP contribution in [0.4, 0.5) is 0 Å². The van der Waals surface area contributed by atoms with E-state index in [1.165, 1.54) is 0 Å². The Kier molecular flexibility index (Phi) is 10.4. The zero-order valence-electron chi connectivity index (χ0n) is 33.1. The molecule has 0 amide bonds. The van der Waals surface area contributed by atoms with Crippen LogP contribution in [0.1, 0.15) is 106 Å². The molecule has 0 aromatic rings. The highest BCUT2D eigenvalue weighted by atomic mass is 16.7.